The van der Waals surface area contributed by atoms with Crippen molar-refractivity contribution in [2.24, 2.45) is 0 Å². The third-order valence-corrected chi connectivity index (χ3v) is 4.20. The average molecular weight is 314 g/mol. The lowest BCUT2D eigenvalue weighted by Gasteiger charge is -2.16. The third kappa shape index (κ3) is 3.96. The fourth-order valence-electron chi connectivity index (χ4n) is 1.69. The molecule has 100 valence electrons. The van der Waals surface area contributed by atoms with E-state index in [0.717, 1.165) is 10.4 Å². The van der Waals surface area contributed by atoms with Crippen LogP contribution in [0.15, 0.2) is 35.7 Å². The Morgan fingerprint density at radius 3 is 2.74 bits per heavy atom. The molecule has 1 aromatic heterocycles. The fourth-order valence-corrected chi connectivity index (χ4v) is 2.92. The van der Waals surface area contributed by atoms with Crippen molar-refractivity contribution in [3.05, 3.63) is 56.2 Å². The summed E-state index contributed by atoms with van der Waals surface area (Å²) in [6.45, 7) is 0.627. The number of halogens is 2. The van der Waals surface area contributed by atoms with E-state index in [1.54, 1.807) is 41.5 Å². The summed E-state index contributed by atoms with van der Waals surface area (Å²) in [6, 6.07) is 9.19. The first-order chi connectivity index (χ1) is 9.06. The molecule has 5 heteroatoms. The van der Waals surface area contributed by atoms with Crippen LogP contribution in [0, 0.1) is 0 Å². The van der Waals surface area contributed by atoms with Crippen LogP contribution >= 0.6 is 34.5 Å². The summed E-state index contributed by atoms with van der Waals surface area (Å²) in [5.74, 6) is 0.0395. The van der Waals surface area contributed by atoms with E-state index in [1.807, 2.05) is 17.5 Å². The van der Waals surface area contributed by atoms with Gasteiger partial charge in [-0.1, -0.05) is 35.3 Å². The second kappa shape index (κ2) is 6.42. The molecule has 2 rings (SSSR count). The Morgan fingerprint density at radius 2 is 2.11 bits per heavy atom. The van der Waals surface area contributed by atoms with Crippen molar-refractivity contribution in [1.82, 2.24) is 4.90 Å². The number of hydrogen-bond donors (Lipinski definition) is 0. The highest BCUT2D eigenvalue weighted by atomic mass is 35.5. The minimum absolute atomic E-state index is 0.0395. The number of carbonyl (C=O) groups is 1. The van der Waals surface area contributed by atoms with Crippen molar-refractivity contribution in [1.29, 1.82) is 0 Å². The lowest BCUT2D eigenvalue weighted by molar-refractivity contribution is -0.129. The van der Waals surface area contributed by atoms with Crippen molar-refractivity contribution < 1.29 is 4.79 Å². The lowest BCUT2D eigenvalue weighted by Crippen LogP contribution is -2.27. The quantitative estimate of drug-likeness (QED) is 0.826. The summed E-state index contributed by atoms with van der Waals surface area (Å²) in [4.78, 5) is 15.0. The maximum absolute atomic E-state index is 12.1. The van der Waals surface area contributed by atoms with Crippen LogP contribution in [0.3, 0.4) is 0 Å². The predicted octanol–water partition coefficient (Wildman–Crippen LogP) is 4.26. The van der Waals surface area contributed by atoms with E-state index >= 15 is 0 Å². The van der Waals surface area contributed by atoms with Gasteiger partial charge < -0.3 is 4.90 Å². The molecule has 0 unspecified atom stereocenters. The van der Waals surface area contributed by atoms with Gasteiger partial charge in [-0.25, -0.2) is 0 Å². The van der Waals surface area contributed by atoms with Crippen LogP contribution in [0.5, 0.6) is 0 Å². The Hall–Kier alpha value is -1.03. The Kier molecular flexibility index (Phi) is 4.86. The Morgan fingerprint density at radius 1 is 1.32 bits per heavy atom. The number of hydrogen-bond acceptors (Lipinski definition) is 2. The SMILES string of the molecule is CN(Cc1cccs1)C(=O)Cc1ccc(Cl)cc1Cl. The van der Waals surface area contributed by atoms with E-state index in [-0.39, 0.29) is 12.3 Å². The van der Waals surface area contributed by atoms with E-state index in [9.17, 15) is 4.79 Å². The van der Waals surface area contributed by atoms with E-state index in [4.69, 9.17) is 23.2 Å². The van der Waals surface area contributed by atoms with Gasteiger partial charge in [-0.2, -0.15) is 0 Å². The van der Waals surface area contributed by atoms with Crippen LogP contribution in [0.4, 0.5) is 0 Å². The van der Waals surface area contributed by atoms with Gasteiger partial charge in [0, 0.05) is 22.0 Å². The zero-order valence-electron chi connectivity index (χ0n) is 10.4. The molecule has 0 saturated carbocycles. The first-order valence-corrected chi connectivity index (χ1v) is 7.40. The molecule has 19 heavy (non-hydrogen) atoms. The molecule has 0 aliphatic carbocycles. The molecule has 0 N–H and O–H groups in total. The van der Waals surface area contributed by atoms with Crippen LogP contribution < -0.4 is 0 Å². The van der Waals surface area contributed by atoms with E-state index in [2.05, 4.69) is 0 Å². The zero-order valence-corrected chi connectivity index (χ0v) is 12.7. The summed E-state index contributed by atoms with van der Waals surface area (Å²) in [7, 11) is 1.80. The third-order valence-electron chi connectivity index (χ3n) is 2.76. The number of amides is 1. The molecule has 2 aromatic rings. The molecular formula is C14H13Cl2NOS. The van der Waals surface area contributed by atoms with Crippen molar-refractivity contribution >= 4 is 40.4 Å². The Bertz CT molecular complexity index is 569. The minimum atomic E-state index is 0.0395. The summed E-state index contributed by atoms with van der Waals surface area (Å²) in [6.07, 6.45) is 0.290. The number of carbonyl (C=O) groups excluding carboxylic acids is 1. The second-order valence-electron chi connectivity index (χ2n) is 4.24. The van der Waals surface area contributed by atoms with Crippen LogP contribution in [0.1, 0.15) is 10.4 Å². The molecule has 1 amide bonds. The maximum Gasteiger partial charge on any atom is 0.227 e. The van der Waals surface area contributed by atoms with Crippen molar-refractivity contribution in [2.75, 3.05) is 7.05 Å². The predicted molar refractivity (Wildman–Crippen MR) is 81.0 cm³/mol. The highest BCUT2D eigenvalue weighted by Gasteiger charge is 2.12. The number of thiophene rings is 1. The summed E-state index contributed by atoms with van der Waals surface area (Å²) < 4.78 is 0. The van der Waals surface area contributed by atoms with Crippen molar-refractivity contribution in [3.8, 4) is 0 Å². The van der Waals surface area contributed by atoms with Crippen LogP contribution in [0.25, 0.3) is 0 Å². The minimum Gasteiger partial charge on any atom is -0.340 e. The first-order valence-electron chi connectivity index (χ1n) is 5.76. The molecule has 0 atom stereocenters. The summed E-state index contributed by atoms with van der Waals surface area (Å²) in [5, 5.41) is 3.11. The van der Waals surface area contributed by atoms with Crippen LogP contribution in [-0.4, -0.2) is 17.9 Å². The van der Waals surface area contributed by atoms with Crippen LogP contribution in [0.2, 0.25) is 10.0 Å². The number of rotatable bonds is 4. The van der Waals surface area contributed by atoms with E-state index in [0.29, 0.717) is 16.6 Å². The van der Waals surface area contributed by atoms with Gasteiger partial charge in [0.2, 0.25) is 5.91 Å². The highest BCUT2D eigenvalue weighted by molar-refractivity contribution is 7.09. The second-order valence-corrected chi connectivity index (χ2v) is 6.12. The normalized spacial score (nSPS) is 10.5. The molecule has 0 spiro atoms. The zero-order chi connectivity index (χ0) is 13.8. The largest absolute Gasteiger partial charge is 0.340 e. The average Bonchev–Trinajstić information content (AvgIpc) is 2.85. The van der Waals surface area contributed by atoms with Gasteiger partial charge >= 0.3 is 0 Å². The van der Waals surface area contributed by atoms with Crippen LogP contribution in [-0.2, 0) is 17.8 Å². The van der Waals surface area contributed by atoms with Crippen molar-refractivity contribution in [3.63, 3.8) is 0 Å². The molecule has 1 aromatic carbocycles. The highest BCUT2D eigenvalue weighted by Crippen LogP contribution is 2.22. The van der Waals surface area contributed by atoms with E-state index < -0.39 is 0 Å². The monoisotopic (exact) mass is 313 g/mol. The number of nitrogens with zero attached hydrogens (tertiary/aromatic N) is 1. The molecule has 0 fully saturated rings. The van der Waals surface area contributed by atoms with Gasteiger partial charge in [-0.15, -0.1) is 11.3 Å². The number of likely N-dealkylation sites (N-methyl/N-ethyl adjacent to an activating group) is 1. The topological polar surface area (TPSA) is 20.3 Å². The molecular weight excluding hydrogens is 301 g/mol. The molecule has 0 bridgehead atoms. The number of benzene rings is 1. The molecule has 0 saturated heterocycles. The van der Waals surface area contributed by atoms with Gasteiger partial charge in [0.1, 0.15) is 0 Å². The van der Waals surface area contributed by atoms with Crippen molar-refractivity contribution in [2.45, 2.75) is 13.0 Å². The van der Waals surface area contributed by atoms with Gasteiger partial charge in [0.15, 0.2) is 0 Å². The van der Waals surface area contributed by atoms with Gasteiger partial charge in [0.25, 0.3) is 0 Å². The van der Waals surface area contributed by atoms with E-state index in [1.165, 1.54) is 0 Å². The Balaban J connectivity index is 2.00. The summed E-state index contributed by atoms with van der Waals surface area (Å²) >= 11 is 13.5. The standard InChI is InChI=1S/C14H13Cl2NOS/c1-17(9-12-3-2-6-19-12)14(18)7-10-4-5-11(15)8-13(10)16/h2-6,8H,7,9H2,1H3. The van der Waals surface area contributed by atoms with Gasteiger partial charge in [-0.05, 0) is 29.1 Å². The van der Waals surface area contributed by atoms with Gasteiger partial charge in [0.05, 0.1) is 13.0 Å². The molecule has 0 aliphatic rings. The van der Waals surface area contributed by atoms with Gasteiger partial charge in [-0.3, -0.25) is 4.79 Å². The summed E-state index contributed by atoms with van der Waals surface area (Å²) in [5.41, 5.74) is 0.800. The maximum atomic E-state index is 12.1. The Labute approximate surface area is 126 Å². The molecule has 0 aliphatic heterocycles. The lowest BCUT2D eigenvalue weighted by atomic mass is 10.1. The molecule has 2 nitrogen and oxygen atoms in total. The smallest absolute Gasteiger partial charge is 0.227 e. The molecule has 0 radical (unpaired) electrons. The first kappa shape index (κ1) is 14.4. The molecule has 1 heterocycles. The fraction of sp³-hybridized carbons (Fsp3) is 0.214.